The zero-order valence-corrected chi connectivity index (χ0v) is 13.9. The van der Waals surface area contributed by atoms with Crippen LogP contribution in [0.2, 0.25) is 0 Å². The van der Waals surface area contributed by atoms with Crippen molar-refractivity contribution in [1.82, 2.24) is 15.1 Å². The van der Waals surface area contributed by atoms with Gasteiger partial charge in [0.1, 0.15) is 5.82 Å². The van der Waals surface area contributed by atoms with E-state index in [0.717, 1.165) is 12.1 Å². The molecule has 24 heavy (non-hydrogen) atoms. The second-order valence-corrected chi connectivity index (χ2v) is 5.15. The fourth-order valence-electron chi connectivity index (χ4n) is 2.14. The first kappa shape index (κ1) is 17.7. The van der Waals surface area contributed by atoms with Gasteiger partial charge in [-0.2, -0.15) is 5.10 Å². The molecule has 1 heterocycles. The molecule has 0 bridgehead atoms. The molecule has 1 aromatic heterocycles. The topological polar surface area (TPSA) is 85.3 Å². The molecule has 0 saturated carbocycles. The summed E-state index contributed by atoms with van der Waals surface area (Å²) >= 11 is 0. The summed E-state index contributed by atoms with van der Waals surface area (Å²) in [6, 6.07) is 10.9. The standard InChI is InChI=1S/C17H22N4O3/c1-3-24-11-7-10-18-17(23)15-12-16(19-13(2)22)21(20-15)14-8-5-4-6-9-14/h4-6,8-9,12H,3,7,10-11H2,1-2H3,(H,18,23)(H,19,22). The Bertz CT molecular complexity index is 682. The molecule has 0 radical (unpaired) electrons. The number of aromatic nitrogens is 2. The van der Waals surface area contributed by atoms with Crippen LogP contribution in [0.15, 0.2) is 36.4 Å². The van der Waals surface area contributed by atoms with Gasteiger partial charge < -0.3 is 15.4 Å². The summed E-state index contributed by atoms with van der Waals surface area (Å²) in [7, 11) is 0. The quantitative estimate of drug-likeness (QED) is 0.725. The van der Waals surface area contributed by atoms with Gasteiger partial charge in [0, 0.05) is 32.7 Å². The van der Waals surface area contributed by atoms with Crippen LogP contribution in [0.3, 0.4) is 0 Å². The van der Waals surface area contributed by atoms with E-state index in [1.165, 1.54) is 11.6 Å². The lowest BCUT2D eigenvalue weighted by Crippen LogP contribution is -2.25. The monoisotopic (exact) mass is 330 g/mol. The Morgan fingerprint density at radius 1 is 1.25 bits per heavy atom. The van der Waals surface area contributed by atoms with E-state index in [0.29, 0.717) is 25.6 Å². The molecule has 2 N–H and O–H groups in total. The molecule has 0 fully saturated rings. The van der Waals surface area contributed by atoms with Gasteiger partial charge in [-0.1, -0.05) is 18.2 Å². The van der Waals surface area contributed by atoms with Crippen LogP contribution in [0, 0.1) is 0 Å². The van der Waals surface area contributed by atoms with E-state index in [2.05, 4.69) is 15.7 Å². The van der Waals surface area contributed by atoms with E-state index < -0.39 is 0 Å². The van der Waals surface area contributed by atoms with Crippen LogP contribution in [0.1, 0.15) is 30.8 Å². The Kier molecular flexibility index (Phi) is 6.51. The Hall–Kier alpha value is -2.67. The highest BCUT2D eigenvalue weighted by atomic mass is 16.5. The normalized spacial score (nSPS) is 10.4. The van der Waals surface area contributed by atoms with Gasteiger partial charge in [0.05, 0.1) is 5.69 Å². The highest BCUT2D eigenvalue weighted by molar-refractivity contribution is 5.95. The van der Waals surface area contributed by atoms with Crippen molar-refractivity contribution in [3.05, 3.63) is 42.1 Å². The molecule has 2 rings (SSSR count). The zero-order valence-electron chi connectivity index (χ0n) is 13.9. The lowest BCUT2D eigenvalue weighted by molar-refractivity contribution is -0.114. The van der Waals surface area contributed by atoms with Gasteiger partial charge in [0.15, 0.2) is 5.69 Å². The highest BCUT2D eigenvalue weighted by Gasteiger charge is 2.15. The molecule has 0 atom stereocenters. The predicted octanol–water partition coefficient (Wildman–Crippen LogP) is 1.99. The van der Waals surface area contributed by atoms with E-state index in [9.17, 15) is 9.59 Å². The molecule has 2 aromatic rings. The van der Waals surface area contributed by atoms with Crippen molar-refractivity contribution < 1.29 is 14.3 Å². The summed E-state index contributed by atoms with van der Waals surface area (Å²) in [6.45, 7) is 5.11. The summed E-state index contributed by atoms with van der Waals surface area (Å²) in [6.07, 6.45) is 0.734. The first-order valence-corrected chi connectivity index (χ1v) is 7.91. The Morgan fingerprint density at radius 2 is 2.00 bits per heavy atom. The Balaban J connectivity index is 2.12. The summed E-state index contributed by atoms with van der Waals surface area (Å²) in [5.41, 5.74) is 1.01. The number of amides is 2. The fraction of sp³-hybridized carbons (Fsp3) is 0.353. The summed E-state index contributed by atoms with van der Waals surface area (Å²) in [5.74, 6) is -0.0586. The Morgan fingerprint density at radius 3 is 2.67 bits per heavy atom. The minimum absolute atomic E-state index is 0.226. The average molecular weight is 330 g/mol. The van der Waals surface area contributed by atoms with E-state index in [-0.39, 0.29) is 17.5 Å². The number of rotatable bonds is 8. The maximum Gasteiger partial charge on any atom is 0.271 e. The van der Waals surface area contributed by atoms with Crippen molar-refractivity contribution in [2.24, 2.45) is 0 Å². The summed E-state index contributed by atoms with van der Waals surface area (Å²) in [4.78, 5) is 23.6. The smallest absolute Gasteiger partial charge is 0.271 e. The molecule has 0 spiro atoms. The number of hydrogen-bond acceptors (Lipinski definition) is 4. The minimum Gasteiger partial charge on any atom is -0.382 e. The summed E-state index contributed by atoms with van der Waals surface area (Å²) < 4.78 is 6.77. The van der Waals surface area contributed by atoms with Gasteiger partial charge in [-0.05, 0) is 25.5 Å². The molecule has 0 unspecified atom stereocenters. The number of carbonyl (C=O) groups is 2. The molecule has 0 aliphatic carbocycles. The number of para-hydroxylation sites is 1. The molecular formula is C17H22N4O3. The molecular weight excluding hydrogens is 308 g/mol. The SMILES string of the molecule is CCOCCCNC(=O)c1cc(NC(C)=O)n(-c2ccccc2)n1. The molecule has 0 aliphatic heterocycles. The second kappa shape index (κ2) is 8.83. The van der Waals surface area contributed by atoms with Crippen molar-refractivity contribution in [2.45, 2.75) is 20.3 Å². The molecule has 2 amide bonds. The van der Waals surface area contributed by atoms with Crippen LogP contribution in [0.25, 0.3) is 5.69 Å². The van der Waals surface area contributed by atoms with Gasteiger partial charge in [-0.25, -0.2) is 4.68 Å². The predicted molar refractivity (Wildman–Crippen MR) is 91.3 cm³/mol. The van der Waals surface area contributed by atoms with Crippen molar-refractivity contribution in [3.63, 3.8) is 0 Å². The number of nitrogens with zero attached hydrogens (tertiary/aromatic N) is 2. The van der Waals surface area contributed by atoms with Gasteiger partial charge in [-0.15, -0.1) is 0 Å². The zero-order chi connectivity index (χ0) is 17.4. The second-order valence-electron chi connectivity index (χ2n) is 5.15. The molecule has 7 nitrogen and oxygen atoms in total. The highest BCUT2D eigenvalue weighted by Crippen LogP contribution is 2.17. The number of hydrogen-bond donors (Lipinski definition) is 2. The van der Waals surface area contributed by atoms with E-state index >= 15 is 0 Å². The minimum atomic E-state index is -0.284. The van der Waals surface area contributed by atoms with Crippen molar-refractivity contribution in [2.75, 3.05) is 25.1 Å². The lowest BCUT2D eigenvalue weighted by atomic mass is 10.3. The third-order valence-electron chi connectivity index (χ3n) is 3.20. The first-order chi connectivity index (χ1) is 11.6. The largest absolute Gasteiger partial charge is 0.382 e. The van der Waals surface area contributed by atoms with Crippen LogP contribution >= 0.6 is 0 Å². The van der Waals surface area contributed by atoms with Gasteiger partial charge in [0.2, 0.25) is 5.91 Å². The van der Waals surface area contributed by atoms with Crippen LogP contribution in [0.5, 0.6) is 0 Å². The Labute approximate surface area is 141 Å². The maximum absolute atomic E-state index is 12.2. The van der Waals surface area contributed by atoms with Crippen molar-refractivity contribution >= 4 is 17.6 Å². The third-order valence-corrected chi connectivity index (χ3v) is 3.20. The first-order valence-electron chi connectivity index (χ1n) is 7.91. The number of nitrogens with one attached hydrogen (secondary N) is 2. The van der Waals surface area contributed by atoms with Gasteiger partial charge in [0.25, 0.3) is 5.91 Å². The molecule has 0 saturated heterocycles. The molecule has 7 heteroatoms. The van der Waals surface area contributed by atoms with Gasteiger partial charge in [-0.3, -0.25) is 9.59 Å². The number of benzene rings is 1. The van der Waals surface area contributed by atoms with E-state index in [4.69, 9.17) is 4.74 Å². The summed E-state index contributed by atoms with van der Waals surface area (Å²) in [5, 5.41) is 9.80. The van der Waals surface area contributed by atoms with Crippen LogP contribution < -0.4 is 10.6 Å². The number of carbonyl (C=O) groups excluding carboxylic acids is 2. The number of ether oxygens (including phenoxy) is 1. The lowest BCUT2D eigenvalue weighted by Gasteiger charge is -2.06. The van der Waals surface area contributed by atoms with Crippen molar-refractivity contribution in [1.29, 1.82) is 0 Å². The van der Waals surface area contributed by atoms with Crippen LogP contribution in [0.4, 0.5) is 5.82 Å². The molecule has 128 valence electrons. The maximum atomic E-state index is 12.2. The number of anilines is 1. The van der Waals surface area contributed by atoms with Gasteiger partial charge >= 0.3 is 0 Å². The van der Waals surface area contributed by atoms with Crippen molar-refractivity contribution in [3.8, 4) is 5.69 Å². The molecule has 1 aromatic carbocycles. The van der Waals surface area contributed by atoms with E-state index in [1.54, 1.807) is 6.07 Å². The third kappa shape index (κ3) is 4.92. The van der Waals surface area contributed by atoms with Crippen LogP contribution in [-0.4, -0.2) is 41.4 Å². The van der Waals surface area contributed by atoms with Crippen LogP contribution in [-0.2, 0) is 9.53 Å². The fourth-order valence-corrected chi connectivity index (χ4v) is 2.14. The van der Waals surface area contributed by atoms with E-state index in [1.807, 2.05) is 37.3 Å². The molecule has 0 aliphatic rings. The average Bonchev–Trinajstić information content (AvgIpc) is 2.98.